The van der Waals surface area contributed by atoms with Crippen LogP contribution in [0.25, 0.3) is 0 Å². The van der Waals surface area contributed by atoms with Gasteiger partial charge in [0.2, 0.25) is 29.5 Å². The number of aliphatic hydroxyl groups is 3. The molecule has 10 N–H and O–H groups in total. The Kier molecular flexibility index (Phi) is 18.2. The fourth-order valence-electron chi connectivity index (χ4n) is 4.05. The van der Waals surface area contributed by atoms with E-state index in [1.165, 1.54) is 13.8 Å². The van der Waals surface area contributed by atoms with Gasteiger partial charge in [-0.05, 0) is 40.2 Å². The van der Waals surface area contributed by atoms with Crippen LogP contribution in [0.15, 0.2) is 30.3 Å². The molecule has 0 saturated heterocycles. The summed E-state index contributed by atoms with van der Waals surface area (Å²) in [5.74, 6) is -6.03. The average molecular weight is 729 g/mol. The highest BCUT2D eigenvalue weighted by atomic mass is 32.2. The minimum atomic E-state index is -1.74. The van der Waals surface area contributed by atoms with Crippen molar-refractivity contribution >= 4 is 53.4 Å². The van der Waals surface area contributed by atoms with E-state index >= 15 is 0 Å². The Labute approximate surface area is 293 Å². The monoisotopic (exact) mass is 728 g/mol. The van der Waals surface area contributed by atoms with Crippen LogP contribution < -0.4 is 31.9 Å². The zero-order chi connectivity index (χ0) is 38.2. The van der Waals surface area contributed by atoms with E-state index in [1.807, 2.05) is 0 Å². The van der Waals surface area contributed by atoms with Crippen molar-refractivity contribution in [3.05, 3.63) is 35.9 Å². The smallest absolute Gasteiger partial charge is 0.408 e. The number of aliphatic carboxylic acids is 1. The fourth-order valence-corrected chi connectivity index (χ4v) is 4.94. The van der Waals surface area contributed by atoms with Gasteiger partial charge in [0.25, 0.3) is 0 Å². The molecule has 0 fully saturated rings. The van der Waals surface area contributed by atoms with Gasteiger partial charge in [0.1, 0.15) is 35.8 Å². The molecule has 19 heteroatoms. The van der Waals surface area contributed by atoms with Gasteiger partial charge in [-0.25, -0.2) is 9.59 Å². The van der Waals surface area contributed by atoms with Gasteiger partial charge in [0.15, 0.2) is 0 Å². The van der Waals surface area contributed by atoms with Crippen molar-refractivity contribution in [3.63, 3.8) is 0 Å². The number of ether oxygens (including phenoxy) is 1. The van der Waals surface area contributed by atoms with Gasteiger partial charge in [0, 0.05) is 19.1 Å². The molecule has 0 spiro atoms. The summed E-state index contributed by atoms with van der Waals surface area (Å²) in [4.78, 5) is 87.9. The first kappa shape index (κ1) is 43.6. The summed E-state index contributed by atoms with van der Waals surface area (Å²) >= 11 is 0.995. The number of hydrogen-bond donors (Lipinski definition) is 10. The predicted octanol–water partition coefficient (Wildman–Crippen LogP) is -2.27. The van der Waals surface area contributed by atoms with E-state index in [1.54, 1.807) is 51.1 Å². The Balaban J connectivity index is 3.15. The summed E-state index contributed by atoms with van der Waals surface area (Å²) < 4.78 is 5.16. The van der Waals surface area contributed by atoms with Crippen molar-refractivity contribution in [2.75, 3.05) is 18.2 Å². The number of amides is 6. The van der Waals surface area contributed by atoms with Crippen molar-refractivity contribution < 1.29 is 58.7 Å². The SMILES string of the molecule is CC(=O)NCSC[C@H](NC(=O)[C@H](CO)NC(=O)[C@@H](NC(=O)[C@H](Cc1ccccc1)NC(=O)[C@@H](NC(=O)OC(C)(C)C)[C@@H](C)O)[C@@H](C)O)C(=O)O. The fraction of sp³-hybridized carbons (Fsp3) is 0.581. The highest BCUT2D eigenvalue weighted by Crippen LogP contribution is 2.09. The second-order valence-corrected chi connectivity index (χ2v) is 13.3. The van der Waals surface area contributed by atoms with Crippen molar-refractivity contribution in [3.8, 4) is 0 Å². The molecule has 1 aromatic carbocycles. The van der Waals surface area contributed by atoms with E-state index in [9.17, 15) is 54.0 Å². The summed E-state index contributed by atoms with van der Waals surface area (Å²) in [7, 11) is 0. The van der Waals surface area contributed by atoms with Gasteiger partial charge in [-0.2, -0.15) is 0 Å². The van der Waals surface area contributed by atoms with Crippen molar-refractivity contribution in [2.24, 2.45) is 0 Å². The van der Waals surface area contributed by atoms with E-state index in [4.69, 9.17) is 4.74 Å². The number of rotatable bonds is 19. The molecule has 0 aliphatic carbocycles. The number of carbonyl (C=O) groups excluding carboxylic acids is 6. The first-order chi connectivity index (χ1) is 23.2. The largest absolute Gasteiger partial charge is 0.480 e. The molecule has 1 aromatic rings. The lowest BCUT2D eigenvalue weighted by atomic mass is 10.0. The molecule has 50 heavy (non-hydrogen) atoms. The van der Waals surface area contributed by atoms with Crippen LogP contribution in [-0.4, -0.2) is 128 Å². The van der Waals surface area contributed by atoms with Crippen LogP contribution in [-0.2, 0) is 39.9 Å². The van der Waals surface area contributed by atoms with Crippen LogP contribution in [0.5, 0.6) is 0 Å². The van der Waals surface area contributed by atoms with Crippen molar-refractivity contribution in [1.82, 2.24) is 31.9 Å². The number of alkyl carbamates (subject to hydrolysis) is 1. The molecular weight excluding hydrogens is 680 g/mol. The second kappa shape index (κ2) is 20.9. The van der Waals surface area contributed by atoms with Crippen molar-refractivity contribution in [2.45, 2.75) is 96.0 Å². The van der Waals surface area contributed by atoms with Crippen LogP contribution in [0.2, 0.25) is 0 Å². The number of hydrogen-bond acceptors (Lipinski definition) is 12. The molecule has 280 valence electrons. The maximum atomic E-state index is 13.6. The van der Waals surface area contributed by atoms with Gasteiger partial charge < -0.3 is 57.1 Å². The number of thioether (sulfide) groups is 1. The number of carboxylic acids is 1. The predicted molar refractivity (Wildman–Crippen MR) is 180 cm³/mol. The molecule has 0 radical (unpaired) electrons. The molecule has 0 unspecified atom stereocenters. The average Bonchev–Trinajstić information content (AvgIpc) is 3.01. The molecule has 0 saturated carbocycles. The maximum absolute atomic E-state index is 13.6. The van der Waals surface area contributed by atoms with Gasteiger partial charge in [0.05, 0.1) is 24.7 Å². The summed E-state index contributed by atoms with van der Waals surface area (Å²) in [5, 5.41) is 53.8. The van der Waals surface area contributed by atoms with Gasteiger partial charge in [-0.15, -0.1) is 11.8 Å². The minimum Gasteiger partial charge on any atom is -0.480 e. The Bertz CT molecular complexity index is 1320. The van der Waals surface area contributed by atoms with E-state index in [0.29, 0.717) is 5.56 Å². The van der Waals surface area contributed by atoms with Crippen LogP contribution in [0.3, 0.4) is 0 Å². The third kappa shape index (κ3) is 16.3. The summed E-state index contributed by atoms with van der Waals surface area (Å²) in [6.07, 6.45) is -4.15. The third-order valence-corrected chi connectivity index (χ3v) is 7.47. The number of aliphatic hydroxyl groups excluding tert-OH is 3. The quantitative estimate of drug-likeness (QED) is 0.0532. The third-order valence-electron chi connectivity index (χ3n) is 6.55. The second-order valence-electron chi connectivity index (χ2n) is 12.2. The molecule has 0 bridgehead atoms. The molecule has 0 aromatic heterocycles. The minimum absolute atomic E-state index is 0.0660. The summed E-state index contributed by atoms with van der Waals surface area (Å²) in [5.41, 5.74) is -0.350. The van der Waals surface area contributed by atoms with E-state index in [0.717, 1.165) is 18.7 Å². The standard InChI is InChI=1S/C31H48N6O12S/c1-16(39)23(27(44)34-21(13-38)26(43)35-22(29(46)47)14-50-15-32-18(3)41)36-25(42)20(12-19-10-8-7-9-11-19)33-28(45)24(17(2)40)37-30(48)49-31(4,5)6/h7-11,16-17,20-24,38-40H,12-15H2,1-6H3,(H,32,41)(H,33,45)(H,34,44)(H,35,43)(H,36,42)(H,37,48)(H,46,47)/t16-,17-,20+,21+,22+,23+,24+/m1/s1. The molecule has 6 amide bonds. The molecule has 18 nitrogen and oxygen atoms in total. The zero-order valence-corrected chi connectivity index (χ0v) is 29.5. The Morgan fingerprint density at radius 1 is 0.760 bits per heavy atom. The molecular formula is C31H48N6O12S. The first-order valence-corrected chi connectivity index (χ1v) is 16.7. The summed E-state index contributed by atoms with van der Waals surface area (Å²) in [6, 6.07) is 0.497. The number of nitrogens with one attached hydrogen (secondary N) is 6. The van der Waals surface area contributed by atoms with Gasteiger partial charge in [-0.3, -0.25) is 24.0 Å². The number of carboxylic acid groups (broad SMARTS) is 1. The van der Waals surface area contributed by atoms with Crippen LogP contribution >= 0.6 is 11.8 Å². The molecule has 7 atom stereocenters. The number of benzene rings is 1. The lowest BCUT2D eigenvalue weighted by Crippen LogP contribution is -2.62. The molecule has 0 heterocycles. The van der Waals surface area contributed by atoms with Crippen LogP contribution in [0.4, 0.5) is 4.79 Å². The highest BCUT2D eigenvalue weighted by molar-refractivity contribution is 7.99. The van der Waals surface area contributed by atoms with Crippen LogP contribution in [0, 0.1) is 0 Å². The van der Waals surface area contributed by atoms with E-state index in [2.05, 4.69) is 31.9 Å². The van der Waals surface area contributed by atoms with Crippen LogP contribution in [0.1, 0.15) is 47.1 Å². The normalized spacial score (nSPS) is 15.4. The molecule has 1 rings (SSSR count). The summed E-state index contributed by atoms with van der Waals surface area (Å²) in [6.45, 7) is 7.47. The van der Waals surface area contributed by atoms with Gasteiger partial charge >= 0.3 is 12.1 Å². The van der Waals surface area contributed by atoms with E-state index < -0.39 is 90.3 Å². The zero-order valence-electron chi connectivity index (χ0n) is 28.7. The maximum Gasteiger partial charge on any atom is 0.408 e. The molecule has 0 aliphatic rings. The Hall–Kier alpha value is -4.46. The Morgan fingerprint density at radius 3 is 1.74 bits per heavy atom. The van der Waals surface area contributed by atoms with E-state index in [-0.39, 0.29) is 24.0 Å². The topological polar surface area (TPSA) is 282 Å². The molecule has 0 aliphatic heterocycles. The highest BCUT2D eigenvalue weighted by Gasteiger charge is 2.35. The Morgan fingerprint density at radius 2 is 1.26 bits per heavy atom. The van der Waals surface area contributed by atoms with Crippen molar-refractivity contribution in [1.29, 1.82) is 0 Å². The first-order valence-electron chi connectivity index (χ1n) is 15.5. The lowest BCUT2D eigenvalue weighted by Gasteiger charge is -2.28. The van der Waals surface area contributed by atoms with Gasteiger partial charge in [-0.1, -0.05) is 30.3 Å². The lowest BCUT2D eigenvalue weighted by molar-refractivity contribution is -0.142. The number of carbonyl (C=O) groups is 7.